The summed E-state index contributed by atoms with van der Waals surface area (Å²) >= 11 is 7.29. The van der Waals surface area contributed by atoms with E-state index >= 15 is 0 Å². The number of halogens is 1. The fourth-order valence-electron chi connectivity index (χ4n) is 3.52. The lowest BCUT2D eigenvalue weighted by atomic mass is 10.1. The van der Waals surface area contributed by atoms with E-state index in [0.717, 1.165) is 12.5 Å². The van der Waals surface area contributed by atoms with Crippen molar-refractivity contribution >= 4 is 39.9 Å². The van der Waals surface area contributed by atoms with Crippen LogP contribution in [0.2, 0.25) is 5.02 Å². The predicted octanol–water partition coefficient (Wildman–Crippen LogP) is 4.40. The zero-order chi connectivity index (χ0) is 27.4. The van der Waals surface area contributed by atoms with E-state index in [0.29, 0.717) is 54.7 Å². The quantitative estimate of drug-likeness (QED) is 0.324. The molecule has 0 unspecified atom stereocenters. The van der Waals surface area contributed by atoms with Crippen LogP contribution < -0.4 is 24.3 Å². The van der Waals surface area contributed by atoms with Gasteiger partial charge in [-0.05, 0) is 36.4 Å². The molecule has 0 aliphatic rings. The zero-order valence-corrected chi connectivity index (χ0v) is 22.3. The van der Waals surface area contributed by atoms with Gasteiger partial charge in [0.2, 0.25) is 10.7 Å². The molecule has 38 heavy (non-hydrogen) atoms. The lowest BCUT2D eigenvalue weighted by molar-refractivity contribution is -0.134. The summed E-state index contributed by atoms with van der Waals surface area (Å²) in [6.07, 6.45) is 1.68. The van der Waals surface area contributed by atoms with E-state index in [2.05, 4.69) is 10.1 Å². The fraction of sp³-hybridized carbons (Fsp3) is 0.154. The molecule has 0 spiro atoms. The fourth-order valence-corrected chi connectivity index (χ4v) is 4.60. The molecular weight excluding hydrogens is 534 g/mol. The summed E-state index contributed by atoms with van der Waals surface area (Å²) in [6, 6.07) is 14.5. The minimum atomic E-state index is -0.833. The summed E-state index contributed by atoms with van der Waals surface area (Å²) in [5.74, 6) is 2.15. The summed E-state index contributed by atoms with van der Waals surface area (Å²) < 4.78 is 23.8. The predicted molar refractivity (Wildman–Crippen MR) is 143 cm³/mol. The van der Waals surface area contributed by atoms with Gasteiger partial charge in [0.05, 0.1) is 21.3 Å². The van der Waals surface area contributed by atoms with Crippen LogP contribution in [0.25, 0.3) is 33.7 Å². The smallest absolute Gasteiger partial charge is 0.300 e. The molecule has 2 aromatic carbocycles. The number of carboxylic acid groups (broad SMARTS) is 1. The third-order valence-electron chi connectivity index (χ3n) is 5.11. The number of carbonyl (C=O) groups is 1. The van der Waals surface area contributed by atoms with E-state index in [4.69, 9.17) is 40.1 Å². The number of nitrogens with zero attached hydrogens (tertiary/aromatic N) is 3. The van der Waals surface area contributed by atoms with Crippen LogP contribution in [0.15, 0.2) is 57.7 Å². The average Bonchev–Trinajstić information content (AvgIpc) is 3.60. The van der Waals surface area contributed by atoms with Crippen LogP contribution >= 0.6 is 22.9 Å². The number of benzene rings is 2. The monoisotopic (exact) mass is 555 g/mol. The molecule has 1 N–H and O–H groups in total. The Balaban J connectivity index is 0.000000786. The van der Waals surface area contributed by atoms with Crippen molar-refractivity contribution in [2.24, 2.45) is 0 Å². The molecule has 0 saturated heterocycles. The van der Waals surface area contributed by atoms with Crippen molar-refractivity contribution in [3.8, 4) is 40.0 Å². The molecule has 0 aliphatic heterocycles. The summed E-state index contributed by atoms with van der Waals surface area (Å²) in [6.45, 7) is 1.08. The number of carboxylic acids is 1. The minimum absolute atomic E-state index is 0.285. The first-order valence-electron chi connectivity index (χ1n) is 11.0. The van der Waals surface area contributed by atoms with E-state index in [1.54, 1.807) is 30.3 Å². The van der Waals surface area contributed by atoms with Gasteiger partial charge in [0.15, 0.2) is 17.3 Å². The maximum Gasteiger partial charge on any atom is 0.300 e. The highest BCUT2D eigenvalue weighted by Gasteiger charge is 2.18. The number of hydrogen-bond acceptors (Lipinski definition) is 9. The first kappa shape index (κ1) is 26.7. The second kappa shape index (κ2) is 11.4. The molecule has 12 heteroatoms. The molecule has 10 nitrogen and oxygen atoms in total. The maximum absolute atomic E-state index is 13.0. The molecular formula is C26H22ClN3O7S. The van der Waals surface area contributed by atoms with E-state index in [9.17, 15) is 4.79 Å². The molecule has 3 heterocycles. The Morgan fingerprint density at radius 2 is 1.74 bits per heavy atom. The van der Waals surface area contributed by atoms with Crippen molar-refractivity contribution < 1.29 is 28.5 Å². The minimum Gasteiger partial charge on any atom is -0.493 e. The molecule has 0 aliphatic carbocycles. The number of ether oxygens (including phenoxy) is 3. The summed E-state index contributed by atoms with van der Waals surface area (Å²) in [5.41, 5.74) is 1.20. The van der Waals surface area contributed by atoms with Crippen molar-refractivity contribution in [3.63, 3.8) is 0 Å². The van der Waals surface area contributed by atoms with Gasteiger partial charge in [0.25, 0.3) is 11.5 Å². The lowest BCUT2D eigenvalue weighted by Gasteiger charge is -2.12. The normalized spacial score (nSPS) is 11.2. The average molecular weight is 556 g/mol. The Hall–Kier alpha value is -4.35. The van der Waals surface area contributed by atoms with Crippen LogP contribution in [-0.2, 0) is 4.79 Å². The Bertz CT molecular complexity index is 1700. The van der Waals surface area contributed by atoms with Crippen molar-refractivity contribution in [1.82, 2.24) is 14.6 Å². The van der Waals surface area contributed by atoms with Gasteiger partial charge in [-0.25, -0.2) is 0 Å². The number of furan rings is 1. The van der Waals surface area contributed by atoms with Gasteiger partial charge in [0.1, 0.15) is 16.1 Å². The van der Waals surface area contributed by atoms with E-state index in [-0.39, 0.29) is 5.56 Å². The van der Waals surface area contributed by atoms with E-state index in [1.807, 2.05) is 24.3 Å². The zero-order valence-electron chi connectivity index (χ0n) is 20.7. The van der Waals surface area contributed by atoms with Crippen LogP contribution in [0.1, 0.15) is 12.7 Å². The first-order chi connectivity index (χ1) is 18.2. The Morgan fingerprint density at radius 3 is 2.32 bits per heavy atom. The molecule has 0 bridgehead atoms. The van der Waals surface area contributed by atoms with Crippen LogP contribution in [0.3, 0.4) is 0 Å². The van der Waals surface area contributed by atoms with Crippen LogP contribution in [0.4, 0.5) is 0 Å². The lowest BCUT2D eigenvalue weighted by Crippen LogP contribution is -2.23. The van der Waals surface area contributed by atoms with Crippen LogP contribution in [0, 0.1) is 0 Å². The molecule has 5 rings (SSSR count). The Labute approximate surface area is 225 Å². The summed E-state index contributed by atoms with van der Waals surface area (Å²) in [7, 11) is 4.60. The highest BCUT2D eigenvalue weighted by Crippen LogP contribution is 2.40. The van der Waals surface area contributed by atoms with Gasteiger partial charge in [-0.1, -0.05) is 35.1 Å². The second-order valence-corrected chi connectivity index (χ2v) is 9.14. The molecule has 0 atom stereocenters. The highest BCUT2D eigenvalue weighted by molar-refractivity contribution is 7.15. The molecule has 5 aromatic rings. The largest absolute Gasteiger partial charge is 0.493 e. The number of aromatic nitrogens is 3. The number of fused-ring (bicyclic) bond motifs is 1. The maximum atomic E-state index is 13.0. The molecule has 0 saturated carbocycles. The van der Waals surface area contributed by atoms with Gasteiger partial charge in [-0.2, -0.15) is 9.50 Å². The topological polar surface area (TPSA) is 125 Å². The van der Waals surface area contributed by atoms with Crippen molar-refractivity contribution in [3.05, 3.63) is 74.2 Å². The van der Waals surface area contributed by atoms with Crippen LogP contribution in [0.5, 0.6) is 17.2 Å². The van der Waals surface area contributed by atoms with Gasteiger partial charge in [-0.15, -0.1) is 5.10 Å². The van der Waals surface area contributed by atoms with Gasteiger partial charge in [0, 0.05) is 29.1 Å². The number of methoxy groups -OCH3 is 3. The van der Waals surface area contributed by atoms with E-state index in [1.165, 1.54) is 37.2 Å². The van der Waals surface area contributed by atoms with Crippen LogP contribution in [-0.4, -0.2) is 47.0 Å². The van der Waals surface area contributed by atoms with Gasteiger partial charge < -0.3 is 23.7 Å². The van der Waals surface area contributed by atoms with Crippen molar-refractivity contribution in [2.45, 2.75) is 6.92 Å². The van der Waals surface area contributed by atoms with E-state index < -0.39 is 5.97 Å². The third-order valence-corrected chi connectivity index (χ3v) is 6.31. The molecule has 0 amide bonds. The standard InChI is InChI=1S/C24H18ClN3O5S.C2H4O2/c1-30-18-10-14(11-19(31-2)21(18)32-3)22-26-24-28(27-22)23(29)20(34-24)12-16-7-8-17(33-16)13-5-4-6-15(25)9-13;1-2(3)4/h4-12H,1-3H3;1H3,(H,3,4)/b20-12-;. The number of thiazole rings is 1. The van der Waals surface area contributed by atoms with Crippen molar-refractivity contribution in [2.75, 3.05) is 21.3 Å². The molecule has 196 valence electrons. The third kappa shape index (κ3) is 5.63. The summed E-state index contributed by atoms with van der Waals surface area (Å²) in [4.78, 5) is 26.9. The first-order valence-corrected chi connectivity index (χ1v) is 12.2. The number of hydrogen-bond donors (Lipinski definition) is 1. The second-order valence-electron chi connectivity index (χ2n) is 7.69. The Kier molecular flexibility index (Phi) is 7.99. The number of rotatable bonds is 6. The molecule has 3 aromatic heterocycles. The van der Waals surface area contributed by atoms with Gasteiger partial charge >= 0.3 is 0 Å². The van der Waals surface area contributed by atoms with Gasteiger partial charge in [-0.3, -0.25) is 9.59 Å². The molecule has 0 radical (unpaired) electrons. The van der Waals surface area contributed by atoms with Crippen molar-refractivity contribution in [1.29, 1.82) is 0 Å². The molecule has 0 fully saturated rings. The SMILES string of the molecule is CC(=O)O.COc1cc(-c2nc3s/c(=C\c4ccc(-c5cccc(Cl)c5)o4)c(=O)n3n2)cc(OC)c1OC. The number of aliphatic carboxylic acids is 1. The summed E-state index contributed by atoms with van der Waals surface area (Å²) in [5, 5.41) is 12.4. The highest BCUT2D eigenvalue weighted by atomic mass is 35.5. The Morgan fingerprint density at radius 1 is 1.05 bits per heavy atom.